The first kappa shape index (κ1) is 17.8. The van der Waals surface area contributed by atoms with Gasteiger partial charge in [-0.05, 0) is 30.7 Å². The van der Waals surface area contributed by atoms with Crippen LogP contribution in [0.15, 0.2) is 59.4 Å². The highest BCUT2D eigenvalue weighted by Crippen LogP contribution is 2.31. The topological polar surface area (TPSA) is 93.3 Å². The molecule has 0 radical (unpaired) electrons. The maximum absolute atomic E-state index is 12.6. The number of hydrogen-bond acceptors (Lipinski definition) is 5. The highest BCUT2D eigenvalue weighted by atomic mass is 16.6. The number of aromatic amines is 1. The summed E-state index contributed by atoms with van der Waals surface area (Å²) in [5, 5.41) is 2.83. The Balaban J connectivity index is 1.52. The van der Waals surface area contributed by atoms with E-state index in [4.69, 9.17) is 9.47 Å². The van der Waals surface area contributed by atoms with Crippen LogP contribution in [0.1, 0.15) is 12.6 Å². The molecule has 28 heavy (non-hydrogen) atoms. The minimum atomic E-state index is -0.750. The number of carbonyl (C=O) groups is 1. The molecule has 7 heteroatoms. The number of hydrogen-bond donors (Lipinski definition) is 2. The van der Waals surface area contributed by atoms with Crippen molar-refractivity contribution < 1.29 is 14.3 Å². The number of benzene rings is 2. The number of H-pyrrole nitrogens is 1. The molecule has 1 atom stereocenters. The summed E-state index contributed by atoms with van der Waals surface area (Å²) in [6.07, 6.45) is -0.0895. The van der Waals surface area contributed by atoms with Crippen molar-refractivity contribution in [2.45, 2.75) is 19.4 Å². The number of carbonyl (C=O) groups excluding carboxylic acids is 1. The molecule has 0 aliphatic carbocycles. The monoisotopic (exact) mass is 377 g/mol. The number of nitrogens with one attached hydrogen (secondary N) is 2. The molecule has 1 amide bonds. The fourth-order valence-electron chi connectivity index (χ4n) is 2.94. The number of nitrogens with zero attached hydrogens (tertiary/aromatic N) is 1. The van der Waals surface area contributed by atoms with E-state index in [0.717, 1.165) is 0 Å². The van der Waals surface area contributed by atoms with Gasteiger partial charge in [-0.15, -0.1) is 0 Å². The predicted octanol–water partition coefficient (Wildman–Crippen LogP) is 2.78. The van der Waals surface area contributed by atoms with Gasteiger partial charge in [0.25, 0.3) is 11.5 Å². The SMILES string of the molecule is CCc1cc(=O)[nH]c(-c2cccc(NC(=O)C3COc4ccccc4O3)c2)n1. The zero-order valence-electron chi connectivity index (χ0n) is 15.3. The normalized spacial score (nSPS) is 15.1. The number of rotatable bonds is 4. The Morgan fingerprint density at radius 1 is 1.18 bits per heavy atom. The van der Waals surface area contributed by atoms with Crippen molar-refractivity contribution in [3.05, 3.63) is 70.6 Å². The summed E-state index contributed by atoms with van der Waals surface area (Å²) in [4.78, 5) is 31.6. The van der Waals surface area contributed by atoms with Gasteiger partial charge in [0, 0.05) is 23.0 Å². The van der Waals surface area contributed by atoms with Gasteiger partial charge >= 0.3 is 0 Å². The highest BCUT2D eigenvalue weighted by molar-refractivity contribution is 5.95. The van der Waals surface area contributed by atoms with Gasteiger partial charge in [-0.1, -0.05) is 31.2 Å². The third-order valence-corrected chi connectivity index (χ3v) is 4.36. The molecule has 2 heterocycles. The van der Waals surface area contributed by atoms with E-state index in [0.29, 0.717) is 40.7 Å². The summed E-state index contributed by atoms with van der Waals surface area (Å²) >= 11 is 0. The first-order valence-electron chi connectivity index (χ1n) is 9.02. The molecule has 7 nitrogen and oxygen atoms in total. The lowest BCUT2D eigenvalue weighted by molar-refractivity contribution is -0.125. The fourth-order valence-corrected chi connectivity index (χ4v) is 2.94. The van der Waals surface area contributed by atoms with E-state index in [9.17, 15) is 9.59 Å². The van der Waals surface area contributed by atoms with Crippen molar-refractivity contribution in [1.82, 2.24) is 9.97 Å². The molecular weight excluding hydrogens is 358 g/mol. The number of amides is 1. The Morgan fingerprint density at radius 3 is 2.82 bits per heavy atom. The van der Waals surface area contributed by atoms with Gasteiger partial charge in [0.2, 0.25) is 6.10 Å². The van der Waals surface area contributed by atoms with E-state index in [1.165, 1.54) is 6.07 Å². The van der Waals surface area contributed by atoms with Crippen molar-refractivity contribution in [2.75, 3.05) is 11.9 Å². The van der Waals surface area contributed by atoms with Crippen LogP contribution in [0.5, 0.6) is 11.5 Å². The lowest BCUT2D eigenvalue weighted by Crippen LogP contribution is -2.40. The van der Waals surface area contributed by atoms with Crippen LogP contribution in [0.4, 0.5) is 5.69 Å². The molecule has 4 rings (SSSR count). The molecule has 0 bridgehead atoms. The zero-order chi connectivity index (χ0) is 19.5. The first-order valence-corrected chi connectivity index (χ1v) is 9.02. The summed E-state index contributed by atoms with van der Waals surface area (Å²) in [6, 6.07) is 15.8. The van der Waals surface area contributed by atoms with Crippen molar-refractivity contribution in [1.29, 1.82) is 0 Å². The van der Waals surface area contributed by atoms with Gasteiger partial charge < -0.3 is 19.8 Å². The molecule has 0 saturated carbocycles. The van der Waals surface area contributed by atoms with E-state index in [-0.39, 0.29) is 18.1 Å². The summed E-state index contributed by atoms with van der Waals surface area (Å²) in [5.41, 5.74) is 1.79. The lowest BCUT2D eigenvalue weighted by Gasteiger charge is -2.25. The third-order valence-electron chi connectivity index (χ3n) is 4.36. The summed E-state index contributed by atoms with van der Waals surface area (Å²) in [5.74, 6) is 1.32. The molecule has 1 unspecified atom stereocenters. The van der Waals surface area contributed by atoms with Crippen LogP contribution in [0.2, 0.25) is 0 Å². The number of para-hydroxylation sites is 2. The molecule has 2 N–H and O–H groups in total. The second-order valence-electron chi connectivity index (χ2n) is 6.37. The smallest absolute Gasteiger partial charge is 0.269 e. The van der Waals surface area contributed by atoms with Gasteiger partial charge in [-0.3, -0.25) is 9.59 Å². The lowest BCUT2D eigenvalue weighted by atomic mass is 10.1. The number of aryl methyl sites for hydroxylation is 1. The third kappa shape index (κ3) is 3.73. The number of ether oxygens (including phenoxy) is 2. The number of anilines is 1. The molecule has 142 valence electrons. The summed E-state index contributed by atoms with van der Waals surface area (Å²) in [7, 11) is 0. The Morgan fingerprint density at radius 2 is 2.00 bits per heavy atom. The minimum Gasteiger partial charge on any atom is -0.485 e. The van der Waals surface area contributed by atoms with E-state index in [1.807, 2.05) is 25.1 Å². The minimum absolute atomic E-state index is 0.135. The molecule has 3 aromatic rings. The van der Waals surface area contributed by atoms with E-state index >= 15 is 0 Å². The standard InChI is InChI=1S/C21H19N3O4/c1-2-14-11-19(25)24-20(22-14)13-6-5-7-15(10-13)23-21(26)18-12-27-16-8-3-4-9-17(16)28-18/h3-11,18H,2,12H2,1H3,(H,23,26)(H,22,24,25). The van der Waals surface area contributed by atoms with E-state index in [1.54, 1.807) is 30.3 Å². The fraction of sp³-hybridized carbons (Fsp3) is 0.190. The zero-order valence-corrected chi connectivity index (χ0v) is 15.3. The van der Waals surface area contributed by atoms with Crippen molar-refractivity contribution in [3.8, 4) is 22.9 Å². The quantitative estimate of drug-likeness (QED) is 0.729. The molecule has 1 aromatic heterocycles. The van der Waals surface area contributed by atoms with Crippen molar-refractivity contribution >= 4 is 11.6 Å². The van der Waals surface area contributed by atoms with Gasteiger partial charge in [-0.25, -0.2) is 4.98 Å². The van der Waals surface area contributed by atoms with E-state index in [2.05, 4.69) is 15.3 Å². The van der Waals surface area contributed by atoms with Crippen LogP contribution in [0, 0.1) is 0 Å². The van der Waals surface area contributed by atoms with Crippen LogP contribution in [-0.4, -0.2) is 28.6 Å². The van der Waals surface area contributed by atoms with Crippen molar-refractivity contribution in [2.24, 2.45) is 0 Å². The Kier molecular flexibility index (Phi) is 4.80. The second kappa shape index (κ2) is 7.56. The van der Waals surface area contributed by atoms with Crippen LogP contribution in [0.3, 0.4) is 0 Å². The maximum Gasteiger partial charge on any atom is 0.269 e. The second-order valence-corrected chi connectivity index (χ2v) is 6.37. The van der Waals surface area contributed by atoms with E-state index < -0.39 is 6.10 Å². The Labute approximate surface area is 161 Å². The van der Waals surface area contributed by atoms with Crippen molar-refractivity contribution in [3.63, 3.8) is 0 Å². The summed E-state index contributed by atoms with van der Waals surface area (Å²) in [6.45, 7) is 2.07. The average molecular weight is 377 g/mol. The van der Waals surface area contributed by atoms with Crippen LogP contribution in [-0.2, 0) is 11.2 Å². The largest absolute Gasteiger partial charge is 0.485 e. The number of aromatic nitrogens is 2. The van der Waals surface area contributed by atoms with Crippen LogP contribution in [0.25, 0.3) is 11.4 Å². The predicted molar refractivity (Wildman–Crippen MR) is 105 cm³/mol. The molecule has 2 aromatic carbocycles. The molecule has 0 saturated heterocycles. The molecule has 0 spiro atoms. The van der Waals surface area contributed by atoms with Gasteiger partial charge in [0.1, 0.15) is 12.4 Å². The first-order chi connectivity index (χ1) is 13.6. The van der Waals surface area contributed by atoms with Gasteiger partial charge in [-0.2, -0.15) is 0 Å². The number of fused-ring (bicyclic) bond motifs is 1. The average Bonchev–Trinajstić information content (AvgIpc) is 2.73. The van der Waals surface area contributed by atoms with Gasteiger partial charge in [0.05, 0.1) is 0 Å². The highest BCUT2D eigenvalue weighted by Gasteiger charge is 2.27. The summed E-state index contributed by atoms with van der Waals surface area (Å²) < 4.78 is 11.3. The molecular formula is C21H19N3O4. The molecule has 0 fully saturated rings. The maximum atomic E-state index is 12.6. The van der Waals surface area contributed by atoms with Gasteiger partial charge in [0.15, 0.2) is 11.5 Å². The Hall–Kier alpha value is -3.61. The van der Waals surface area contributed by atoms with Crippen LogP contribution < -0.4 is 20.3 Å². The Bertz CT molecular complexity index is 1080. The van der Waals surface area contributed by atoms with Crippen LogP contribution >= 0.6 is 0 Å². The molecule has 1 aliphatic heterocycles. The molecule has 1 aliphatic rings.